The van der Waals surface area contributed by atoms with E-state index in [1.165, 1.54) is 0 Å². The summed E-state index contributed by atoms with van der Waals surface area (Å²) in [5.41, 5.74) is 5.29. The minimum absolute atomic E-state index is 0.368. The van der Waals surface area contributed by atoms with Crippen LogP contribution in [0.25, 0.3) is 0 Å². The smallest absolute Gasteiger partial charge is 0.325 e. The van der Waals surface area contributed by atoms with E-state index in [2.05, 4.69) is 21.1 Å². The summed E-state index contributed by atoms with van der Waals surface area (Å²) < 4.78 is 0. The number of imide groups is 1. The molecule has 3 rings (SSSR count). The molecule has 32 heavy (non-hydrogen) atoms. The predicted molar refractivity (Wildman–Crippen MR) is 120 cm³/mol. The molecule has 9 heteroatoms. The van der Waals surface area contributed by atoms with Crippen LogP contribution in [-0.4, -0.2) is 48.3 Å². The summed E-state index contributed by atoms with van der Waals surface area (Å²) in [6, 6.07) is 15.1. The van der Waals surface area contributed by atoms with Gasteiger partial charge < -0.3 is 10.2 Å². The molecule has 0 saturated carbocycles. The number of hydrogen-bond acceptors (Lipinski definition) is 5. The quantitative estimate of drug-likeness (QED) is 0.452. The van der Waals surface area contributed by atoms with Crippen molar-refractivity contribution < 1.29 is 19.2 Å². The standard InChI is InChI=1S/C23H27N5O4/c1-4-27(5-2)18-13-11-16(12-14-18)20(30)26-25-19(29)15-28-21(31)23(3,24-22(28)32)17-9-7-6-8-10-17/h6-14H,4-5,15H2,1-3H3,(H,24,32)(H,25,29)(H,26,30)/t23-/m1/s1. The molecule has 0 aromatic heterocycles. The number of carbonyl (C=O) groups excluding carboxylic acids is 4. The minimum atomic E-state index is -1.26. The van der Waals surface area contributed by atoms with Crippen molar-refractivity contribution in [2.75, 3.05) is 24.5 Å². The fourth-order valence-electron chi connectivity index (χ4n) is 3.60. The Hall–Kier alpha value is -3.88. The third-order valence-corrected chi connectivity index (χ3v) is 5.50. The summed E-state index contributed by atoms with van der Waals surface area (Å²) in [4.78, 5) is 52.8. The van der Waals surface area contributed by atoms with E-state index in [1.807, 2.05) is 26.0 Å². The number of urea groups is 1. The normalized spacial score (nSPS) is 17.7. The lowest BCUT2D eigenvalue weighted by atomic mass is 9.92. The van der Waals surface area contributed by atoms with Crippen molar-refractivity contribution in [3.63, 3.8) is 0 Å². The second-order valence-electron chi connectivity index (χ2n) is 7.53. The van der Waals surface area contributed by atoms with Crippen LogP contribution in [0.2, 0.25) is 0 Å². The molecule has 0 spiro atoms. The van der Waals surface area contributed by atoms with Crippen molar-refractivity contribution in [2.45, 2.75) is 26.3 Å². The van der Waals surface area contributed by atoms with Gasteiger partial charge in [0.2, 0.25) is 0 Å². The van der Waals surface area contributed by atoms with Crippen LogP contribution >= 0.6 is 0 Å². The fourth-order valence-corrected chi connectivity index (χ4v) is 3.60. The van der Waals surface area contributed by atoms with Crippen LogP contribution in [-0.2, 0) is 15.1 Å². The van der Waals surface area contributed by atoms with Crippen molar-refractivity contribution in [3.8, 4) is 0 Å². The van der Waals surface area contributed by atoms with Crippen LogP contribution < -0.4 is 21.1 Å². The van der Waals surface area contributed by atoms with Crippen LogP contribution in [0.1, 0.15) is 36.7 Å². The minimum Gasteiger partial charge on any atom is -0.372 e. The molecule has 0 bridgehead atoms. The Morgan fingerprint density at radius 1 is 0.969 bits per heavy atom. The highest BCUT2D eigenvalue weighted by Gasteiger charge is 2.49. The van der Waals surface area contributed by atoms with E-state index in [-0.39, 0.29) is 0 Å². The van der Waals surface area contributed by atoms with Gasteiger partial charge >= 0.3 is 6.03 Å². The lowest BCUT2D eigenvalue weighted by Crippen LogP contribution is -2.48. The third-order valence-electron chi connectivity index (χ3n) is 5.50. The Morgan fingerprint density at radius 2 is 1.59 bits per heavy atom. The maximum Gasteiger partial charge on any atom is 0.325 e. The molecule has 1 saturated heterocycles. The first-order valence-electron chi connectivity index (χ1n) is 10.4. The summed E-state index contributed by atoms with van der Waals surface area (Å²) in [6.45, 7) is 6.87. The van der Waals surface area contributed by atoms with E-state index >= 15 is 0 Å². The van der Waals surface area contributed by atoms with Crippen LogP contribution in [0.5, 0.6) is 0 Å². The van der Waals surface area contributed by atoms with Crippen molar-refractivity contribution in [1.82, 2.24) is 21.1 Å². The van der Waals surface area contributed by atoms with Crippen LogP contribution in [0.3, 0.4) is 0 Å². The van der Waals surface area contributed by atoms with E-state index in [4.69, 9.17) is 0 Å². The van der Waals surface area contributed by atoms with Gasteiger partial charge in [0, 0.05) is 24.3 Å². The van der Waals surface area contributed by atoms with Gasteiger partial charge in [0.25, 0.3) is 17.7 Å². The predicted octanol–water partition coefficient (Wildman–Crippen LogP) is 1.76. The summed E-state index contributed by atoms with van der Waals surface area (Å²) in [7, 11) is 0. The highest BCUT2D eigenvalue weighted by molar-refractivity contribution is 6.09. The van der Waals surface area contributed by atoms with Gasteiger partial charge in [0.05, 0.1) is 0 Å². The lowest BCUT2D eigenvalue weighted by molar-refractivity contribution is -0.135. The third kappa shape index (κ3) is 4.56. The van der Waals surface area contributed by atoms with E-state index in [1.54, 1.807) is 49.4 Å². The topological polar surface area (TPSA) is 111 Å². The van der Waals surface area contributed by atoms with Gasteiger partial charge in [0.15, 0.2) is 0 Å². The van der Waals surface area contributed by atoms with Gasteiger partial charge in [-0.05, 0) is 50.6 Å². The first-order chi connectivity index (χ1) is 15.3. The molecule has 0 radical (unpaired) electrons. The van der Waals surface area contributed by atoms with Gasteiger partial charge in [-0.15, -0.1) is 0 Å². The molecule has 1 aliphatic heterocycles. The van der Waals surface area contributed by atoms with Crippen molar-refractivity contribution in [2.24, 2.45) is 0 Å². The number of anilines is 1. The number of nitrogens with zero attached hydrogens (tertiary/aromatic N) is 2. The van der Waals surface area contributed by atoms with Crippen molar-refractivity contribution in [1.29, 1.82) is 0 Å². The highest BCUT2D eigenvalue weighted by Crippen LogP contribution is 2.28. The molecule has 3 N–H and O–H groups in total. The molecule has 9 nitrogen and oxygen atoms in total. The van der Waals surface area contributed by atoms with Gasteiger partial charge in [-0.3, -0.25) is 30.1 Å². The molecule has 2 aromatic rings. The molecule has 0 aliphatic carbocycles. The number of rotatable bonds is 7. The summed E-state index contributed by atoms with van der Waals surface area (Å²) in [5.74, 6) is -1.74. The average molecular weight is 438 g/mol. The SMILES string of the molecule is CCN(CC)c1ccc(C(=O)NNC(=O)CN2C(=O)N[C@](C)(c3ccccc3)C2=O)cc1. The largest absolute Gasteiger partial charge is 0.372 e. The molecule has 1 atom stereocenters. The van der Waals surface area contributed by atoms with Crippen molar-refractivity contribution in [3.05, 3.63) is 65.7 Å². The van der Waals surface area contributed by atoms with E-state index in [0.717, 1.165) is 23.7 Å². The molecule has 1 fully saturated rings. The molecular formula is C23H27N5O4. The second-order valence-corrected chi connectivity index (χ2v) is 7.53. The van der Waals surface area contributed by atoms with Gasteiger partial charge in [-0.2, -0.15) is 0 Å². The Morgan fingerprint density at radius 3 is 2.19 bits per heavy atom. The maximum atomic E-state index is 12.8. The monoisotopic (exact) mass is 437 g/mol. The summed E-state index contributed by atoms with van der Waals surface area (Å²) in [6.07, 6.45) is 0. The van der Waals surface area contributed by atoms with Crippen LogP contribution in [0.4, 0.5) is 10.5 Å². The lowest BCUT2D eigenvalue weighted by Gasteiger charge is -2.22. The van der Waals surface area contributed by atoms with E-state index in [9.17, 15) is 19.2 Å². The Bertz CT molecular complexity index is 1000. The van der Waals surface area contributed by atoms with Gasteiger partial charge in [0.1, 0.15) is 12.1 Å². The molecule has 168 valence electrons. The zero-order valence-corrected chi connectivity index (χ0v) is 18.3. The average Bonchev–Trinajstić information content (AvgIpc) is 3.03. The molecule has 5 amide bonds. The first kappa shape index (κ1) is 22.8. The fraction of sp³-hybridized carbons (Fsp3) is 0.304. The number of nitrogens with one attached hydrogen (secondary N) is 3. The Balaban J connectivity index is 1.57. The van der Waals surface area contributed by atoms with Crippen LogP contribution in [0.15, 0.2) is 54.6 Å². The highest BCUT2D eigenvalue weighted by atomic mass is 16.2. The molecule has 0 unspecified atom stereocenters. The van der Waals surface area contributed by atoms with E-state index < -0.39 is 35.8 Å². The zero-order chi connectivity index (χ0) is 23.3. The Kier molecular flexibility index (Phi) is 6.77. The number of carbonyl (C=O) groups is 4. The molecule has 1 heterocycles. The van der Waals surface area contributed by atoms with E-state index in [0.29, 0.717) is 11.1 Å². The maximum absolute atomic E-state index is 12.8. The number of amides is 5. The molecular weight excluding hydrogens is 410 g/mol. The van der Waals surface area contributed by atoms with Crippen molar-refractivity contribution >= 4 is 29.4 Å². The number of benzene rings is 2. The van der Waals surface area contributed by atoms with Crippen LogP contribution in [0, 0.1) is 0 Å². The molecule has 2 aromatic carbocycles. The number of hydrazine groups is 1. The summed E-state index contributed by atoms with van der Waals surface area (Å²) in [5, 5.41) is 2.63. The Labute approximate surface area is 186 Å². The second kappa shape index (κ2) is 9.51. The van der Waals surface area contributed by atoms with Gasteiger partial charge in [-0.1, -0.05) is 30.3 Å². The van der Waals surface area contributed by atoms with Gasteiger partial charge in [-0.25, -0.2) is 4.79 Å². The first-order valence-corrected chi connectivity index (χ1v) is 10.4. The number of hydrogen-bond donors (Lipinski definition) is 3. The summed E-state index contributed by atoms with van der Waals surface area (Å²) >= 11 is 0. The zero-order valence-electron chi connectivity index (χ0n) is 18.3. The molecule has 1 aliphatic rings.